The van der Waals surface area contributed by atoms with E-state index in [9.17, 15) is 4.79 Å². The Kier molecular flexibility index (Phi) is 5.80. The molecule has 0 radical (unpaired) electrons. The molecule has 4 rings (SSSR count). The molecule has 1 unspecified atom stereocenters. The Morgan fingerprint density at radius 3 is 2.86 bits per heavy atom. The number of oxazole rings is 1. The van der Waals surface area contributed by atoms with Gasteiger partial charge < -0.3 is 19.6 Å². The zero-order valence-electron chi connectivity index (χ0n) is 15.1. The average Bonchev–Trinajstić information content (AvgIpc) is 3.35. The van der Waals surface area contributed by atoms with Gasteiger partial charge in [-0.25, -0.2) is 4.98 Å². The first-order valence-corrected chi connectivity index (χ1v) is 10.1. The SMILES string of the molecule is O=C(O)C1CS[C@H](c2ccc(OCCNCc3nc4ccccc4o3)cc2)N1. The van der Waals surface area contributed by atoms with Gasteiger partial charge in [0.1, 0.15) is 23.9 Å². The molecule has 0 saturated carbocycles. The first-order chi connectivity index (χ1) is 13.7. The molecule has 0 amide bonds. The van der Waals surface area contributed by atoms with Crippen molar-refractivity contribution in [1.82, 2.24) is 15.6 Å². The lowest BCUT2D eigenvalue weighted by Crippen LogP contribution is -2.33. The summed E-state index contributed by atoms with van der Waals surface area (Å²) >= 11 is 1.60. The number of aliphatic carboxylic acids is 1. The summed E-state index contributed by atoms with van der Waals surface area (Å²) < 4.78 is 11.4. The second-order valence-corrected chi connectivity index (χ2v) is 7.58. The highest BCUT2D eigenvalue weighted by Gasteiger charge is 2.30. The van der Waals surface area contributed by atoms with Crippen LogP contribution in [0.5, 0.6) is 5.75 Å². The van der Waals surface area contributed by atoms with Crippen molar-refractivity contribution in [3.05, 3.63) is 60.0 Å². The van der Waals surface area contributed by atoms with Gasteiger partial charge in [-0.1, -0.05) is 24.3 Å². The number of ether oxygens (including phenoxy) is 1. The van der Waals surface area contributed by atoms with Crippen molar-refractivity contribution in [2.45, 2.75) is 18.0 Å². The van der Waals surface area contributed by atoms with Crippen molar-refractivity contribution < 1.29 is 19.1 Å². The summed E-state index contributed by atoms with van der Waals surface area (Å²) in [6.45, 7) is 1.74. The van der Waals surface area contributed by atoms with Crippen molar-refractivity contribution in [1.29, 1.82) is 0 Å². The molecular formula is C20H21N3O4S. The Hall–Kier alpha value is -2.55. The molecule has 2 heterocycles. The molecule has 1 fully saturated rings. The highest BCUT2D eigenvalue weighted by Crippen LogP contribution is 2.33. The first-order valence-electron chi connectivity index (χ1n) is 9.07. The average molecular weight is 399 g/mol. The smallest absolute Gasteiger partial charge is 0.321 e. The number of benzene rings is 2. The van der Waals surface area contributed by atoms with Gasteiger partial charge in [0.2, 0.25) is 5.89 Å². The van der Waals surface area contributed by atoms with Crippen LogP contribution in [-0.4, -0.2) is 41.0 Å². The topological polar surface area (TPSA) is 96.6 Å². The summed E-state index contributed by atoms with van der Waals surface area (Å²) in [5.41, 5.74) is 2.70. The van der Waals surface area contributed by atoms with E-state index in [4.69, 9.17) is 14.3 Å². The lowest BCUT2D eigenvalue weighted by atomic mass is 10.2. The van der Waals surface area contributed by atoms with E-state index in [-0.39, 0.29) is 5.37 Å². The highest BCUT2D eigenvalue weighted by atomic mass is 32.2. The number of hydrogen-bond donors (Lipinski definition) is 3. The Morgan fingerprint density at radius 2 is 2.11 bits per heavy atom. The number of carboxylic acids is 1. The van der Waals surface area contributed by atoms with Crippen molar-refractivity contribution >= 4 is 28.8 Å². The minimum absolute atomic E-state index is 0.00752. The molecule has 7 nitrogen and oxygen atoms in total. The quantitative estimate of drug-likeness (QED) is 0.498. The van der Waals surface area contributed by atoms with Gasteiger partial charge in [0.25, 0.3) is 0 Å². The molecule has 0 aliphatic carbocycles. The summed E-state index contributed by atoms with van der Waals surface area (Å²) in [5, 5.41) is 15.4. The molecule has 0 spiro atoms. The maximum absolute atomic E-state index is 11.0. The number of para-hydroxylation sites is 2. The van der Waals surface area contributed by atoms with E-state index in [2.05, 4.69) is 15.6 Å². The van der Waals surface area contributed by atoms with Crippen LogP contribution in [0, 0.1) is 0 Å². The van der Waals surface area contributed by atoms with Gasteiger partial charge in [0, 0.05) is 12.3 Å². The van der Waals surface area contributed by atoms with Gasteiger partial charge in [-0.2, -0.15) is 0 Å². The maximum Gasteiger partial charge on any atom is 0.321 e. The lowest BCUT2D eigenvalue weighted by molar-refractivity contribution is -0.138. The largest absolute Gasteiger partial charge is 0.492 e. The van der Waals surface area contributed by atoms with E-state index >= 15 is 0 Å². The maximum atomic E-state index is 11.0. The molecular weight excluding hydrogens is 378 g/mol. The highest BCUT2D eigenvalue weighted by molar-refractivity contribution is 7.99. The van der Waals surface area contributed by atoms with E-state index in [0.717, 1.165) is 22.4 Å². The van der Waals surface area contributed by atoms with E-state index < -0.39 is 12.0 Å². The van der Waals surface area contributed by atoms with Gasteiger partial charge >= 0.3 is 5.97 Å². The summed E-state index contributed by atoms with van der Waals surface area (Å²) in [6, 6.07) is 15.0. The van der Waals surface area contributed by atoms with Gasteiger partial charge in [-0.15, -0.1) is 11.8 Å². The third-order valence-corrected chi connectivity index (χ3v) is 5.69. The number of rotatable bonds is 8. The molecule has 146 valence electrons. The molecule has 28 heavy (non-hydrogen) atoms. The number of carboxylic acid groups (broad SMARTS) is 1. The van der Waals surface area contributed by atoms with Crippen molar-refractivity contribution in [2.75, 3.05) is 18.9 Å². The number of nitrogens with zero attached hydrogens (tertiary/aromatic N) is 1. The van der Waals surface area contributed by atoms with Crippen LogP contribution in [0.3, 0.4) is 0 Å². The molecule has 3 aromatic rings. The van der Waals surface area contributed by atoms with Crippen LogP contribution in [0.4, 0.5) is 0 Å². The van der Waals surface area contributed by atoms with E-state index in [1.54, 1.807) is 11.8 Å². The predicted molar refractivity (Wildman–Crippen MR) is 107 cm³/mol. The number of fused-ring (bicyclic) bond motifs is 1. The fraction of sp³-hybridized carbons (Fsp3) is 0.300. The van der Waals surface area contributed by atoms with Gasteiger partial charge in [-0.05, 0) is 29.8 Å². The zero-order chi connectivity index (χ0) is 19.3. The second-order valence-electron chi connectivity index (χ2n) is 6.44. The van der Waals surface area contributed by atoms with Crippen molar-refractivity contribution in [3.63, 3.8) is 0 Å². The molecule has 1 aromatic heterocycles. The summed E-state index contributed by atoms with van der Waals surface area (Å²) in [6.07, 6.45) is 0. The van der Waals surface area contributed by atoms with Gasteiger partial charge in [0.05, 0.1) is 11.9 Å². The monoisotopic (exact) mass is 399 g/mol. The van der Waals surface area contributed by atoms with Crippen LogP contribution in [0.15, 0.2) is 52.9 Å². The zero-order valence-corrected chi connectivity index (χ0v) is 15.9. The normalized spacial score (nSPS) is 19.1. The minimum atomic E-state index is -0.805. The molecule has 3 N–H and O–H groups in total. The second kappa shape index (κ2) is 8.64. The van der Waals surface area contributed by atoms with E-state index in [0.29, 0.717) is 31.3 Å². The van der Waals surface area contributed by atoms with Gasteiger partial charge in [-0.3, -0.25) is 10.1 Å². The van der Waals surface area contributed by atoms with Crippen LogP contribution in [0.25, 0.3) is 11.1 Å². The number of aromatic nitrogens is 1. The van der Waals surface area contributed by atoms with Crippen LogP contribution in [-0.2, 0) is 11.3 Å². The third-order valence-electron chi connectivity index (χ3n) is 4.43. The Labute approximate surface area is 166 Å². The lowest BCUT2D eigenvalue weighted by Gasteiger charge is -2.12. The van der Waals surface area contributed by atoms with E-state index in [1.807, 2.05) is 48.5 Å². The van der Waals surface area contributed by atoms with Crippen molar-refractivity contribution in [3.8, 4) is 5.75 Å². The van der Waals surface area contributed by atoms with Crippen LogP contribution >= 0.6 is 11.8 Å². The van der Waals surface area contributed by atoms with Gasteiger partial charge in [0.15, 0.2) is 5.58 Å². The molecule has 0 bridgehead atoms. The molecule has 8 heteroatoms. The van der Waals surface area contributed by atoms with E-state index in [1.165, 1.54) is 0 Å². The minimum Gasteiger partial charge on any atom is -0.492 e. The predicted octanol–water partition coefficient (Wildman–Crippen LogP) is 2.78. The molecule has 2 aromatic carbocycles. The molecule has 2 atom stereocenters. The van der Waals surface area contributed by atoms with Crippen LogP contribution < -0.4 is 15.4 Å². The summed E-state index contributed by atoms with van der Waals surface area (Å²) in [7, 11) is 0. The number of nitrogens with one attached hydrogen (secondary N) is 2. The van der Waals surface area contributed by atoms with Crippen molar-refractivity contribution in [2.24, 2.45) is 0 Å². The summed E-state index contributed by atoms with van der Waals surface area (Å²) in [5.74, 6) is 1.21. The first kappa shape index (κ1) is 18.8. The van der Waals surface area contributed by atoms with Crippen LogP contribution in [0.2, 0.25) is 0 Å². The summed E-state index contributed by atoms with van der Waals surface area (Å²) in [4.78, 5) is 15.4. The Bertz CT molecular complexity index is 911. The Balaban J connectivity index is 1.19. The standard InChI is InChI=1S/C20H21N3O4S/c24-20(25)16-12-28-19(23-16)13-5-7-14(8-6-13)26-10-9-21-11-18-22-15-3-1-2-4-17(15)27-18/h1-8,16,19,21,23H,9-12H2,(H,24,25)/t16?,19-/m1/s1. The molecule has 1 aliphatic heterocycles. The molecule has 1 saturated heterocycles. The van der Waals surface area contributed by atoms with Crippen LogP contribution in [0.1, 0.15) is 16.8 Å². The number of thioether (sulfide) groups is 1. The molecule has 1 aliphatic rings. The fourth-order valence-electron chi connectivity index (χ4n) is 2.98. The Morgan fingerprint density at radius 1 is 1.29 bits per heavy atom. The third kappa shape index (κ3) is 4.46. The fourth-order valence-corrected chi connectivity index (χ4v) is 4.21. The number of carbonyl (C=O) groups is 1. The number of hydrogen-bond acceptors (Lipinski definition) is 7.